The predicted molar refractivity (Wildman–Crippen MR) is 159 cm³/mol. The SMILES string of the molecule is CC(Cc1ccc(C(C)(C)C)cc1C(C)(C)C)c1c(C(C)(C)C)ccc(C(C)(C)C)c1C(C)(C)C. The molecule has 35 heavy (non-hydrogen) atoms. The van der Waals surface area contributed by atoms with Gasteiger partial charge >= 0.3 is 0 Å². The molecule has 1 unspecified atom stereocenters. The first-order valence-electron chi connectivity index (χ1n) is 13.8. The van der Waals surface area contributed by atoms with E-state index >= 15 is 0 Å². The van der Waals surface area contributed by atoms with Crippen molar-refractivity contribution in [2.45, 2.75) is 150 Å². The Balaban J connectivity index is 2.83. The number of benzene rings is 2. The van der Waals surface area contributed by atoms with Crippen LogP contribution in [0.25, 0.3) is 0 Å². The van der Waals surface area contributed by atoms with Gasteiger partial charge < -0.3 is 0 Å². The van der Waals surface area contributed by atoms with Crippen molar-refractivity contribution < 1.29 is 0 Å². The quantitative estimate of drug-likeness (QED) is 0.413. The average Bonchev–Trinajstić information content (AvgIpc) is 2.63. The molecular formula is C35H56. The van der Waals surface area contributed by atoms with E-state index in [1.165, 1.54) is 27.8 Å². The van der Waals surface area contributed by atoms with Gasteiger partial charge in [-0.2, -0.15) is 0 Å². The summed E-state index contributed by atoms with van der Waals surface area (Å²) in [7, 11) is 0. The molecule has 0 saturated heterocycles. The molecule has 0 fully saturated rings. The Bertz CT molecular complexity index is 1030. The zero-order valence-corrected chi connectivity index (χ0v) is 26.2. The topological polar surface area (TPSA) is 0 Å². The van der Waals surface area contributed by atoms with Crippen molar-refractivity contribution in [1.82, 2.24) is 0 Å². The van der Waals surface area contributed by atoms with Crippen molar-refractivity contribution in [3.8, 4) is 0 Å². The van der Waals surface area contributed by atoms with Gasteiger partial charge in [0.15, 0.2) is 0 Å². The van der Waals surface area contributed by atoms with E-state index in [9.17, 15) is 0 Å². The van der Waals surface area contributed by atoms with Gasteiger partial charge in [-0.05, 0) is 78.4 Å². The monoisotopic (exact) mass is 476 g/mol. The van der Waals surface area contributed by atoms with Crippen LogP contribution < -0.4 is 0 Å². The summed E-state index contributed by atoms with van der Waals surface area (Å²) in [5, 5.41) is 0. The van der Waals surface area contributed by atoms with Gasteiger partial charge in [-0.25, -0.2) is 0 Å². The second-order valence-electron chi connectivity index (χ2n) is 16.2. The molecule has 0 aromatic heterocycles. The molecule has 0 spiro atoms. The van der Waals surface area contributed by atoms with Crippen LogP contribution in [-0.4, -0.2) is 0 Å². The molecule has 196 valence electrons. The van der Waals surface area contributed by atoms with Crippen LogP contribution in [-0.2, 0) is 33.5 Å². The van der Waals surface area contributed by atoms with Gasteiger partial charge in [0.2, 0.25) is 0 Å². The Labute approximate surface area is 219 Å². The molecule has 0 radical (unpaired) electrons. The van der Waals surface area contributed by atoms with E-state index in [1.807, 2.05) is 0 Å². The highest BCUT2D eigenvalue weighted by atomic mass is 14.4. The molecule has 1 atom stereocenters. The van der Waals surface area contributed by atoms with Crippen molar-refractivity contribution >= 4 is 0 Å². The van der Waals surface area contributed by atoms with Gasteiger partial charge in [-0.3, -0.25) is 0 Å². The number of rotatable bonds is 3. The smallest absolute Gasteiger partial charge is 0.0126 e. The molecule has 2 rings (SSSR count). The molecule has 0 heterocycles. The van der Waals surface area contributed by atoms with Crippen LogP contribution in [0.5, 0.6) is 0 Å². The predicted octanol–water partition coefficient (Wildman–Crippen LogP) is 10.5. The lowest BCUT2D eigenvalue weighted by Crippen LogP contribution is -2.28. The van der Waals surface area contributed by atoms with Gasteiger partial charge in [-0.1, -0.05) is 141 Å². The van der Waals surface area contributed by atoms with E-state index < -0.39 is 0 Å². The third-order valence-electron chi connectivity index (χ3n) is 7.41. The van der Waals surface area contributed by atoms with Crippen molar-refractivity contribution in [3.05, 3.63) is 69.3 Å². The van der Waals surface area contributed by atoms with E-state index in [1.54, 1.807) is 11.1 Å². The fourth-order valence-electron chi connectivity index (χ4n) is 5.57. The van der Waals surface area contributed by atoms with Crippen molar-refractivity contribution in [2.24, 2.45) is 0 Å². The molecule has 0 amide bonds. The molecule has 2 aromatic rings. The summed E-state index contributed by atoms with van der Waals surface area (Å²) < 4.78 is 0. The van der Waals surface area contributed by atoms with Crippen LogP contribution in [0.15, 0.2) is 30.3 Å². The van der Waals surface area contributed by atoms with Crippen LogP contribution in [0.2, 0.25) is 0 Å². The minimum Gasteiger partial charge on any atom is -0.0584 e. The van der Waals surface area contributed by atoms with Crippen molar-refractivity contribution in [1.29, 1.82) is 0 Å². The molecule has 2 aromatic carbocycles. The Morgan fingerprint density at radius 1 is 0.514 bits per heavy atom. The fraction of sp³-hybridized carbons (Fsp3) is 0.657. The van der Waals surface area contributed by atoms with Crippen LogP contribution in [0.1, 0.15) is 156 Å². The van der Waals surface area contributed by atoms with E-state index in [0.29, 0.717) is 5.92 Å². The molecule has 0 nitrogen and oxygen atoms in total. The first kappa shape index (κ1) is 29.7. The van der Waals surface area contributed by atoms with Crippen molar-refractivity contribution in [3.63, 3.8) is 0 Å². The summed E-state index contributed by atoms with van der Waals surface area (Å²) in [5.41, 5.74) is 11.1. The van der Waals surface area contributed by atoms with Gasteiger partial charge in [0.05, 0.1) is 0 Å². The molecule has 0 N–H and O–H groups in total. The van der Waals surface area contributed by atoms with Crippen LogP contribution >= 0.6 is 0 Å². The van der Waals surface area contributed by atoms with E-state index in [4.69, 9.17) is 0 Å². The number of hydrogen-bond acceptors (Lipinski definition) is 0. The largest absolute Gasteiger partial charge is 0.0584 e. The zero-order valence-electron chi connectivity index (χ0n) is 26.2. The first-order chi connectivity index (χ1) is 15.5. The maximum Gasteiger partial charge on any atom is -0.0126 e. The highest BCUT2D eigenvalue weighted by Gasteiger charge is 2.34. The fourth-order valence-corrected chi connectivity index (χ4v) is 5.57. The Morgan fingerprint density at radius 2 is 0.971 bits per heavy atom. The van der Waals surface area contributed by atoms with Gasteiger partial charge in [-0.15, -0.1) is 0 Å². The lowest BCUT2D eigenvalue weighted by molar-refractivity contribution is 0.504. The maximum atomic E-state index is 2.49. The van der Waals surface area contributed by atoms with Crippen LogP contribution in [0.3, 0.4) is 0 Å². The molecule has 0 saturated carbocycles. The normalized spacial score (nSPS) is 14.9. The zero-order chi connectivity index (χ0) is 27.4. The summed E-state index contributed by atoms with van der Waals surface area (Å²) in [6.07, 6.45) is 1.07. The third kappa shape index (κ3) is 6.81. The Hall–Kier alpha value is -1.56. The summed E-state index contributed by atoms with van der Waals surface area (Å²) in [5.74, 6) is 0.433. The second kappa shape index (κ2) is 9.39. The highest BCUT2D eigenvalue weighted by Crippen LogP contribution is 2.45. The van der Waals surface area contributed by atoms with Crippen LogP contribution in [0.4, 0.5) is 0 Å². The summed E-state index contributed by atoms with van der Waals surface area (Å²) in [6, 6.07) is 12.2. The van der Waals surface area contributed by atoms with Crippen molar-refractivity contribution in [2.75, 3.05) is 0 Å². The molecular weight excluding hydrogens is 420 g/mol. The highest BCUT2D eigenvalue weighted by molar-refractivity contribution is 5.52. The second-order valence-corrected chi connectivity index (χ2v) is 16.2. The van der Waals surface area contributed by atoms with Gasteiger partial charge in [0.1, 0.15) is 0 Å². The Kier molecular flexibility index (Phi) is 7.96. The molecule has 0 aliphatic rings. The first-order valence-corrected chi connectivity index (χ1v) is 13.8. The Morgan fingerprint density at radius 3 is 1.37 bits per heavy atom. The van der Waals surface area contributed by atoms with E-state index in [2.05, 4.69) is 141 Å². The molecule has 0 bridgehead atoms. The summed E-state index contributed by atoms with van der Waals surface area (Å²) >= 11 is 0. The third-order valence-corrected chi connectivity index (χ3v) is 7.41. The summed E-state index contributed by atoms with van der Waals surface area (Å²) in [6.45, 7) is 38.0. The average molecular weight is 477 g/mol. The lowest BCUT2D eigenvalue weighted by atomic mass is 9.66. The minimum atomic E-state index is 0.0798. The molecule has 0 aliphatic carbocycles. The summed E-state index contributed by atoms with van der Waals surface area (Å²) in [4.78, 5) is 0. The van der Waals surface area contributed by atoms with E-state index in [-0.39, 0.29) is 27.1 Å². The molecule has 0 aliphatic heterocycles. The van der Waals surface area contributed by atoms with Gasteiger partial charge in [0.25, 0.3) is 0 Å². The minimum absolute atomic E-state index is 0.0798. The molecule has 0 heteroatoms. The maximum absolute atomic E-state index is 2.49. The van der Waals surface area contributed by atoms with Crippen LogP contribution in [0, 0.1) is 0 Å². The standard InChI is InChI=1S/C35H56/c1-23(21-24-17-18-25(31(2,3)4)22-28(24)34(11,12)13)29-26(32(5,6)7)19-20-27(33(8,9)10)30(29)35(14,15)16/h17-20,22-23H,21H2,1-16H3. The lowest BCUT2D eigenvalue weighted by Gasteiger charge is -2.38. The number of hydrogen-bond donors (Lipinski definition) is 0. The van der Waals surface area contributed by atoms with E-state index in [0.717, 1.165) is 6.42 Å². The van der Waals surface area contributed by atoms with Gasteiger partial charge in [0, 0.05) is 0 Å².